The van der Waals surface area contributed by atoms with Crippen molar-refractivity contribution in [2.24, 2.45) is 0 Å². The molecule has 0 saturated carbocycles. The number of nitrogens with zero attached hydrogens (tertiary/aromatic N) is 1. The third-order valence-corrected chi connectivity index (χ3v) is 1.83. The lowest BCUT2D eigenvalue weighted by molar-refractivity contribution is -0.141. The van der Waals surface area contributed by atoms with Crippen LogP contribution in [-0.2, 0) is 0 Å². The van der Waals surface area contributed by atoms with Crippen LogP contribution in [0.25, 0.3) is 0 Å². The zero-order chi connectivity index (χ0) is 11.6. The Kier molecular flexibility index (Phi) is 3.28. The second-order valence-electron chi connectivity index (χ2n) is 3.07. The average molecular weight is 226 g/mol. The van der Waals surface area contributed by atoms with E-state index in [9.17, 15) is 22.1 Å². The molecule has 0 atom stereocenters. The van der Waals surface area contributed by atoms with Crippen molar-refractivity contribution in [1.82, 2.24) is 4.93 Å². The first-order valence-corrected chi connectivity index (χ1v) is 4.31. The van der Waals surface area contributed by atoms with Crippen LogP contribution in [0.3, 0.4) is 0 Å². The largest absolute Gasteiger partial charge is 0.254 e. The van der Waals surface area contributed by atoms with Crippen LogP contribution in [0.2, 0.25) is 0 Å². The van der Waals surface area contributed by atoms with Gasteiger partial charge in [0.05, 0.1) is 4.93 Å². The highest BCUT2D eigenvalue weighted by Gasteiger charge is 2.38. The van der Waals surface area contributed by atoms with Gasteiger partial charge in [-0.2, -0.15) is 4.39 Å². The molecule has 84 valence electrons. The molecule has 0 saturated heterocycles. The van der Waals surface area contributed by atoms with Crippen LogP contribution in [0.5, 0.6) is 0 Å². The Bertz CT molecular complexity index is 364. The molecule has 0 aliphatic rings. The molecule has 0 radical (unpaired) electrons. The Labute approximate surface area is 83.2 Å². The Morgan fingerprint density at radius 2 is 1.73 bits per heavy atom. The van der Waals surface area contributed by atoms with Gasteiger partial charge < -0.3 is 0 Å². The fourth-order valence-corrected chi connectivity index (χ4v) is 1.18. The van der Waals surface area contributed by atoms with E-state index in [1.165, 1.54) is 6.92 Å². The lowest BCUT2D eigenvalue weighted by Gasteiger charge is -2.12. The molecule has 0 aliphatic carbocycles. The number of hydrogen-bond acceptors (Lipinski definition) is 0. The van der Waals surface area contributed by atoms with Crippen LogP contribution in [0.15, 0.2) is 12.1 Å². The van der Waals surface area contributed by atoms with Crippen molar-refractivity contribution in [3.8, 4) is 0 Å². The number of hydrogen-bond donors (Lipinski definition) is 0. The van der Waals surface area contributed by atoms with Crippen LogP contribution in [0.1, 0.15) is 13.3 Å². The Morgan fingerprint density at radius 1 is 1.13 bits per heavy atom. The zero-order valence-corrected chi connectivity index (χ0v) is 7.91. The van der Waals surface area contributed by atoms with Crippen molar-refractivity contribution in [2.45, 2.75) is 13.3 Å². The number of rotatable bonds is 3. The summed E-state index contributed by atoms with van der Waals surface area (Å²) in [5.74, 6) is -4.55. The molecule has 1 rings (SSSR count). The highest BCUT2D eigenvalue weighted by molar-refractivity contribution is 5.41. The van der Waals surface area contributed by atoms with Gasteiger partial charge in [-0.15, -0.1) is 0 Å². The summed E-state index contributed by atoms with van der Waals surface area (Å²) in [7, 11) is 0. The smallest absolute Gasteiger partial charge is 0.207 e. The molecule has 0 spiro atoms. The monoisotopic (exact) mass is 226 g/mol. The highest BCUT2D eigenvalue weighted by atomic mass is 19.4. The first kappa shape index (κ1) is 11.9. The summed E-state index contributed by atoms with van der Waals surface area (Å²) in [5, 5.41) is 0. The van der Waals surface area contributed by atoms with E-state index in [4.69, 9.17) is 0 Å². The Morgan fingerprint density at radius 3 is 2.27 bits per heavy atom. The second kappa shape index (κ2) is 4.14. The molecule has 1 nitrogen and oxygen atoms in total. The Hall–Kier alpha value is -1.17. The first-order chi connectivity index (χ1) is 6.88. The van der Waals surface area contributed by atoms with Gasteiger partial charge in [0, 0.05) is 27.5 Å². The molecule has 1 aromatic rings. The van der Waals surface area contributed by atoms with E-state index in [0.29, 0.717) is 6.07 Å². The van der Waals surface area contributed by atoms with Gasteiger partial charge in [0.25, 0.3) is 5.69 Å². The molecule has 0 aromatic heterocycles. The summed E-state index contributed by atoms with van der Waals surface area (Å²) in [6.07, 6.45) is 0.0601. The lowest BCUT2D eigenvalue weighted by Crippen LogP contribution is -2.32. The molecular formula is C9H9F5N+. The fraction of sp³-hybridized carbons (Fsp3) is 0.333. The van der Waals surface area contributed by atoms with Crippen molar-refractivity contribution in [3.05, 3.63) is 29.6 Å². The number of quaternary nitrogens is 1. The SMILES string of the molecule is CCC[N+](F)(F)c1cc(F)cc(F)c1F. The van der Waals surface area contributed by atoms with Gasteiger partial charge >= 0.3 is 0 Å². The van der Waals surface area contributed by atoms with Crippen molar-refractivity contribution >= 4 is 5.69 Å². The van der Waals surface area contributed by atoms with Gasteiger partial charge in [-0.05, 0) is 0 Å². The molecule has 0 N–H and O–H groups in total. The van der Waals surface area contributed by atoms with Gasteiger partial charge in [-0.1, -0.05) is 6.92 Å². The van der Waals surface area contributed by atoms with Crippen LogP contribution < -0.4 is 4.93 Å². The van der Waals surface area contributed by atoms with Gasteiger partial charge in [-0.25, -0.2) is 8.78 Å². The molecule has 6 heteroatoms. The highest BCUT2D eigenvalue weighted by Crippen LogP contribution is 2.31. The minimum Gasteiger partial charge on any atom is -0.207 e. The number of benzene rings is 1. The maximum Gasteiger partial charge on any atom is 0.254 e. The zero-order valence-electron chi connectivity index (χ0n) is 7.91. The summed E-state index contributed by atoms with van der Waals surface area (Å²) in [4.78, 5) is -2.86. The normalized spacial score (nSPS) is 11.9. The summed E-state index contributed by atoms with van der Waals surface area (Å²) < 4.78 is 64.5. The van der Waals surface area contributed by atoms with E-state index >= 15 is 0 Å². The van der Waals surface area contributed by atoms with Crippen molar-refractivity contribution in [2.75, 3.05) is 6.54 Å². The predicted octanol–water partition coefficient (Wildman–Crippen LogP) is 3.59. The van der Waals surface area contributed by atoms with Crippen LogP contribution in [-0.4, -0.2) is 6.54 Å². The third kappa shape index (κ3) is 2.44. The summed E-state index contributed by atoms with van der Waals surface area (Å²) in [5.41, 5.74) is -1.28. The average Bonchev–Trinajstić information content (AvgIpc) is 2.11. The molecule has 0 aliphatic heterocycles. The summed E-state index contributed by atoms with van der Waals surface area (Å²) in [6, 6.07) is 0.527. The van der Waals surface area contributed by atoms with E-state index in [1.807, 2.05) is 0 Å². The summed E-state index contributed by atoms with van der Waals surface area (Å²) >= 11 is 0. The van der Waals surface area contributed by atoms with Crippen LogP contribution in [0, 0.1) is 17.5 Å². The van der Waals surface area contributed by atoms with Crippen molar-refractivity contribution in [1.29, 1.82) is 0 Å². The van der Waals surface area contributed by atoms with Gasteiger partial charge in [0.15, 0.2) is 12.4 Å². The van der Waals surface area contributed by atoms with Crippen molar-refractivity contribution < 1.29 is 22.1 Å². The van der Waals surface area contributed by atoms with Gasteiger partial charge in [0.2, 0.25) is 5.82 Å². The molecule has 1 aromatic carbocycles. The fourth-order valence-electron chi connectivity index (χ4n) is 1.18. The molecule has 0 fully saturated rings. The van der Waals surface area contributed by atoms with Crippen LogP contribution >= 0.6 is 0 Å². The van der Waals surface area contributed by atoms with E-state index in [0.717, 1.165) is 0 Å². The molecule has 0 heterocycles. The van der Waals surface area contributed by atoms with Gasteiger partial charge in [-0.3, -0.25) is 0 Å². The molecule has 0 unspecified atom stereocenters. The first-order valence-electron chi connectivity index (χ1n) is 4.31. The maximum absolute atomic E-state index is 13.1. The van der Waals surface area contributed by atoms with E-state index < -0.39 is 34.6 Å². The third-order valence-electron chi connectivity index (χ3n) is 1.83. The lowest BCUT2D eigenvalue weighted by atomic mass is 10.2. The quantitative estimate of drug-likeness (QED) is 0.419. The molecule has 0 bridgehead atoms. The topological polar surface area (TPSA) is 0 Å². The molecule has 15 heavy (non-hydrogen) atoms. The second-order valence-corrected chi connectivity index (χ2v) is 3.07. The van der Waals surface area contributed by atoms with Crippen molar-refractivity contribution in [3.63, 3.8) is 0 Å². The predicted molar refractivity (Wildman–Crippen MR) is 45.5 cm³/mol. The van der Waals surface area contributed by atoms with E-state index in [1.54, 1.807) is 0 Å². The Balaban J connectivity index is 3.24. The van der Waals surface area contributed by atoms with E-state index in [2.05, 4.69) is 0 Å². The molecular weight excluding hydrogens is 217 g/mol. The van der Waals surface area contributed by atoms with E-state index in [-0.39, 0.29) is 12.5 Å². The van der Waals surface area contributed by atoms with Gasteiger partial charge in [0.1, 0.15) is 5.82 Å². The van der Waals surface area contributed by atoms with Crippen LogP contribution in [0.4, 0.5) is 27.8 Å². The maximum atomic E-state index is 13.1. The standard InChI is InChI=1S/C9H9F5N/c1-2-3-15(13,14)8-5-6(10)4-7(11)9(8)12/h4-5H,2-3H2,1H3/q+1. The number of halogens is 5. The minimum atomic E-state index is -2.86. The minimum absolute atomic E-state index is 0.0601. The summed E-state index contributed by atoms with van der Waals surface area (Å²) in [6.45, 7) is 0.750. The molecule has 0 amide bonds.